The number of likely N-dealkylation sites (tertiary alicyclic amines) is 1. The average molecular weight is 459 g/mol. The summed E-state index contributed by atoms with van der Waals surface area (Å²) in [6, 6.07) is 8.41. The molecular formula is C23H31FN6OS. The van der Waals surface area contributed by atoms with Crippen molar-refractivity contribution in [3.8, 4) is 11.8 Å². The van der Waals surface area contributed by atoms with Crippen molar-refractivity contribution in [2.24, 2.45) is 5.92 Å². The zero-order valence-corrected chi connectivity index (χ0v) is 20.0. The molecule has 1 amide bonds. The molecule has 1 N–H and O–H groups in total. The van der Waals surface area contributed by atoms with Gasteiger partial charge in [-0.05, 0) is 70.0 Å². The van der Waals surface area contributed by atoms with Gasteiger partial charge in [0, 0.05) is 5.69 Å². The fourth-order valence-electron chi connectivity index (χ4n) is 3.52. The van der Waals surface area contributed by atoms with Gasteiger partial charge in [0.05, 0.1) is 17.9 Å². The fraction of sp³-hybridized carbons (Fsp3) is 0.565. The first-order valence-electron chi connectivity index (χ1n) is 11.1. The van der Waals surface area contributed by atoms with Crippen LogP contribution in [0, 0.1) is 23.1 Å². The van der Waals surface area contributed by atoms with Crippen LogP contribution in [0.3, 0.4) is 0 Å². The molecule has 1 aromatic heterocycles. The third-order valence-electron chi connectivity index (χ3n) is 6.02. The fourth-order valence-corrected chi connectivity index (χ4v) is 4.40. The maximum Gasteiger partial charge on any atom is 0.234 e. The van der Waals surface area contributed by atoms with Gasteiger partial charge in [-0.2, -0.15) is 5.26 Å². The minimum absolute atomic E-state index is 0.0346. The van der Waals surface area contributed by atoms with E-state index in [2.05, 4.69) is 26.5 Å². The molecular weight excluding hydrogens is 427 g/mol. The molecule has 9 heteroatoms. The number of nitrogens with one attached hydrogen (secondary N) is 1. The van der Waals surface area contributed by atoms with E-state index in [1.807, 2.05) is 18.4 Å². The number of aromatic nitrogens is 3. The zero-order valence-electron chi connectivity index (χ0n) is 19.1. The van der Waals surface area contributed by atoms with Crippen LogP contribution in [0.5, 0.6) is 0 Å². The Balaban J connectivity index is 1.84. The number of halogens is 1. The maximum atomic E-state index is 13.5. The molecule has 2 atom stereocenters. The SMILES string of the molecule is CC(Sc1nnc(CN2CCCCC2)n1-c1ccc(F)cc1)C(=O)NC(C)(C#N)C(C)C. The molecule has 1 saturated heterocycles. The van der Waals surface area contributed by atoms with Crippen molar-refractivity contribution in [1.29, 1.82) is 5.26 Å². The van der Waals surface area contributed by atoms with Crippen molar-refractivity contribution >= 4 is 17.7 Å². The Kier molecular flexibility index (Phi) is 7.91. The van der Waals surface area contributed by atoms with E-state index in [-0.39, 0.29) is 17.6 Å². The van der Waals surface area contributed by atoms with Gasteiger partial charge in [-0.1, -0.05) is 32.0 Å². The van der Waals surface area contributed by atoms with Crippen LogP contribution in [0.25, 0.3) is 5.69 Å². The molecule has 7 nitrogen and oxygen atoms in total. The number of carbonyl (C=O) groups is 1. The smallest absolute Gasteiger partial charge is 0.234 e. The molecule has 0 radical (unpaired) electrons. The highest BCUT2D eigenvalue weighted by molar-refractivity contribution is 8.00. The molecule has 0 aliphatic carbocycles. The van der Waals surface area contributed by atoms with E-state index in [1.54, 1.807) is 26.0 Å². The third kappa shape index (κ3) is 5.67. The Hall–Kier alpha value is -2.44. The van der Waals surface area contributed by atoms with Gasteiger partial charge < -0.3 is 5.32 Å². The van der Waals surface area contributed by atoms with Gasteiger partial charge in [0.25, 0.3) is 0 Å². The molecule has 32 heavy (non-hydrogen) atoms. The van der Waals surface area contributed by atoms with Gasteiger partial charge in [0.15, 0.2) is 11.0 Å². The second-order valence-corrected chi connectivity index (χ2v) is 10.1. The zero-order chi connectivity index (χ0) is 23.3. The normalized spacial score (nSPS) is 17.5. The first-order valence-corrected chi connectivity index (χ1v) is 11.9. The third-order valence-corrected chi connectivity index (χ3v) is 7.06. The van der Waals surface area contributed by atoms with E-state index < -0.39 is 10.8 Å². The van der Waals surface area contributed by atoms with Crippen LogP contribution >= 0.6 is 11.8 Å². The first-order chi connectivity index (χ1) is 15.2. The Bertz CT molecular complexity index is 964. The maximum absolute atomic E-state index is 13.5. The number of hydrogen-bond acceptors (Lipinski definition) is 6. The van der Waals surface area contributed by atoms with Gasteiger partial charge in [-0.3, -0.25) is 14.3 Å². The Labute approximate surface area is 193 Å². The predicted molar refractivity (Wildman–Crippen MR) is 123 cm³/mol. The Morgan fingerprint density at radius 2 is 1.88 bits per heavy atom. The topological polar surface area (TPSA) is 86.8 Å². The minimum atomic E-state index is -0.948. The average Bonchev–Trinajstić information content (AvgIpc) is 3.16. The number of carbonyl (C=O) groups excluding carboxylic acids is 1. The molecule has 3 rings (SSSR count). The van der Waals surface area contributed by atoms with E-state index in [0.717, 1.165) is 37.4 Å². The predicted octanol–water partition coefficient (Wildman–Crippen LogP) is 3.93. The second kappa shape index (κ2) is 10.5. The lowest BCUT2D eigenvalue weighted by molar-refractivity contribution is -0.121. The second-order valence-electron chi connectivity index (χ2n) is 8.77. The molecule has 1 aliphatic rings. The molecule has 2 aromatic rings. The molecule has 0 spiro atoms. The van der Waals surface area contributed by atoms with Gasteiger partial charge in [-0.25, -0.2) is 4.39 Å². The molecule has 1 aliphatic heterocycles. The molecule has 172 valence electrons. The van der Waals surface area contributed by atoms with Crippen LogP contribution in [0.1, 0.15) is 52.8 Å². The molecule has 1 aromatic carbocycles. The van der Waals surface area contributed by atoms with Crippen LogP contribution in [-0.2, 0) is 11.3 Å². The molecule has 2 unspecified atom stereocenters. The monoisotopic (exact) mass is 458 g/mol. The number of nitriles is 1. The molecule has 0 bridgehead atoms. The van der Waals surface area contributed by atoms with Crippen molar-refractivity contribution in [2.75, 3.05) is 13.1 Å². The summed E-state index contributed by atoms with van der Waals surface area (Å²) in [6.45, 7) is 9.99. The van der Waals surface area contributed by atoms with E-state index >= 15 is 0 Å². The van der Waals surface area contributed by atoms with Gasteiger partial charge in [-0.15, -0.1) is 10.2 Å². The lowest BCUT2D eigenvalue weighted by Gasteiger charge is -2.28. The summed E-state index contributed by atoms with van der Waals surface area (Å²) in [4.78, 5) is 15.2. The van der Waals surface area contributed by atoms with Crippen molar-refractivity contribution in [3.63, 3.8) is 0 Å². The van der Waals surface area contributed by atoms with E-state index in [1.165, 1.54) is 30.3 Å². The van der Waals surface area contributed by atoms with Crippen LogP contribution in [0.2, 0.25) is 0 Å². The van der Waals surface area contributed by atoms with Crippen LogP contribution in [0.15, 0.2) is 29.4 Å². The molecule has 0 saturated carbocycles. The number of hydrogen-bond donors (Lipinski definition) is 1. The number of nitrogens with zero attached hydrogens (tertiary/aromatic N) is 5. The van der Waals surface area contributed by atoms with Crippen molar-refractivity contribution in [2.45, 2.75) is 69.4 Å². The van der Waals surface area contributed by atoms with E-state index in [9.17, 15) is 14.4 Å². The summed E-state index contributed by atoms with van der Waals surface area (Å²) in [7, 11) is 0. The lowest BCUT2D eigenvalue weighted by Crippen LogP contribution is -2.51. The summed E-state index contributed by atoms with van der Waals surface area (Å²) in [5, 5.41) is 21.2. The number of amides is 1. The van der Waals surface area contributed by atoms with Crippen LogP contribution < -0.4 is 5.32 Å². The first kappa shape index (κ1) is 24.2. The van der Waals surface area contributed by atoms with Crippen molar-refractivity contribution in [3.05, 3.63) is 35.9 Å². The summed E-state index contributed by atoms with van der Waals surface area (Å²) in [5.41, 5.74) is -0.196. The highest BCUT2D eigenvalue weighted by Gasteiger charge is 2.32. The van der Waals surface area contributed by atoms with Crippen LogP contribution in [0.4, 0.5) is 4.39 Å². The largest absolute Gasteiger partial charge is 0.337 e. The standard InChI is InChI=1S/C23H31FN6OS/c1-16(2)23(4,15-25)26-21(31)17(3)32-22-28-27-20(14-29-12-6-5-7-13-29)30(22)19-10-8-18(24)9-11-19/h8-11,16-17H,5-7,12-14H2,1-4H3,(H,26,31). The van der Waals surface area contributed by atoms with Crippen molar-refractivity contribution < 1.29 is 9.18 Å². The molecule has 1 fully saturated rings. The highest BCUT2D eigenvalue weighted by atomic mass is 32.2. The molecule has 2 heterocycles. The summed E-state index contributed by atoms with van der Waals surface area (Å²) < 4.78 is 15.4. The number of piperidine rings is 1. The lowest BCUT2D eigenvalue weighted by atomic mass is 9.90. The quantitative estimate of drug-likeness (QED) is 0.603. The number of rotatable bonds is 8. The number of thioether (sulfide) groups is 1. The minimum Gasteiger partial charge on any atom is -0.337 e. The Morgan fingerprint density at radius 1 is 1.22 bits per heavy atom. The summed E-state index contributed by atoms with van der Waals surface area (Å²) in [6.07, 6.45) is 3.57. The van der Waals surface area contributed by atoms with Gasteiger partial charge >= 0.3 is 0 Å². The number of benzene rings is 1. The van der Waals surface area contributed by atoms with Crippen molar-refractivity contribution in [1.82, 2.24) is 25.0 Å². The van der Waals surface area contributed by atoms with Gasteiger partial charge in [0.1, 0.15) is 11.4 Å². The van der Waals surface area contributed by atoms with E-state index in [0.29, 0.717) is 11.7 Å². The summed E-state index contributed by atoms with van der Waals surface area (Å²) in [5.74, 6) is 0.176. The Morgan fingerprint density at radius 3 is 2.47 bits per heavy atom. The van der Waals surface area contributed by atoms with E-state index in [4.69, 9.17) is 0 Å². The van der Waals surface area contributed by atoms with Crippen LogP contribution in [-0.4, -0.2) is 49.4 Å². The highest BCUT2D eigenvalue weighted by Crippen LogP contribution is 2.28. The van der Waals surface area contributed by atoms with Gasteiger partial charge in [0.2, 0.25) is 5.91 Å². The summed E-state index contributed by atoms with van der Waals surface area (Å²) >= 11 is 1.28.